The van der Waals surface area contributed by atoms with Gasteiger partial charge in [0.25, 0.3) is 10.0 Å². The standard InChI is InChI=1S/C22H24N2O3S/c1-17-6-12-22(13-7-17)28(25,26)24-20-10-8-19(9-11-20)23-15-14-18-4-3-5-21(16-18)27-2/h3-13,16,23-24H,14-15H2,1-2H3. The second-order valence-electron chi connectivity index (χ2n) is 6.52. The average molecular weight is 397 g/mol. The molecule has 0 saturated heterocycles. The van der Waals surface area contributed by atoms with E-state index >= 15 is 0 Å². The maximum Gasteiger partial charge on any atom is 0.261 e. The van der Waals surface area contributed by atoms with Crippen molar-refractivity contribution >= 4 is 21.4 Å². The minimum Gasteiger partial charge on any atom is -0.497 e. The number of rotatable bonds is 8. The van der Waals surface area contributed by atoms with Crippen molar-refractivity contribution in [1.29, 1.82) is 0 Å². The highest BCUT2D eigenvalue weighted by Gasteiger charge is 2.13. The summed E-state index contributed by atoms with van der Waals surface area (Å²) in [6, 6.07) is 22.0. The van der Waals surface area contributed by atoms with Crippen LogP contribution in [-0.2, 0) is 16.4 Å². The SMILES string of the molecule is COc1cccc(CCNc2ccc(NS(=O)(=O)c3ccc(C)cc3)cc2)c1. The molecule has 6 heteroatoms. The molecule has 0 aliphatic rings. The highest BCUT2D eigenvalue weighted by atomic mass is 32.2. The molecule has 0 aromatic heterocycles. The van der Waals surface area contributed by atoms with Crippen LogP contribution < -0.4 is 14.8 Å². The molecule has 0 saturated carbocycles. The molecule has 2 N–H and O–H groups in total. The lowest BCUT2D eigenvalue weighted by Gasteiger charge is -2.11. The third-order valence-corrected chi connectivity index (χ3v) is 5.74. The number of sulfonamides is 1. The van der Waals surface area contributed by atoms with Crippen LogP contribution in [0.1, 0.15) is 11.1 Å². The van der Waals surface area contributed by atoms with Crippen LogP contribution in [0.25, 0.3) is 0 Å². The van der Waals surface area contributed by atoms with Crippen molar-refractivity contribution < 1.29 is 13.2 Å². The normalized spacial score (nSPS) is 11.1. The second-order valence-corrected chi connectivity index (χ2v) is 8.21. The Bertz CT molecular complexity index is 1010. The van der Waals surface area contributed by atoms with Crippen LogP contribution in [0.2, 0.25) is 0 Å². The van der Waals surface area contributed by atoms with Crippen molar-refractivity contribution in [3.8, 4) is 5.75 Å². The summed E-state index contributed by atoms with van der Waals surface area (Å²) < 4.78 is 32.7. The molecule has 28 heavy (non-hydrogen) atoms. The Kier molecular flexibility index (Phi) is 6.21. The Morgan fingerprint density at radius 3 is 2.25 bits per heavy atom. The first kappa shape index (κ1) is 19.8. The van der Waals surface area contributed by atoms with Crippen molar-refractivity contribution in [2.75, 3.05) is 23.7 Å². The number of nitrogens with one attached hydrogen (secondary N) is 2. The van der Waals surface area contributed by atoms with Gasteiger partial charge in [0.2, 0.25) is 0 Å². The number of anilines is 2. The Hall–Kier alpha value is -2.99. The van der Waals surface area contributed by atoms with Crippen LogP contribution in [-0.4, -0.2) is 22.1 Å². The van der Waals surface area contributed by atoms with Crippen molar-refractivity contribution in [2.45, 2.75) is 18.2 Å². The molecule has 0 aliphatic carbocycles. The van der Waals surface area contributed by atoms with Gasteiger partial charge in [-0.3, -0.25) is 4.72 Å². The summed E-state index contributed by atoms with van der Waals surface area (Å²) in [5.74, 6) is 0.850. The predicted molar refractivity (Wildman–Crippen MR) is 114 cm³/mol. The lowest BCUT2D eigenvalue weighted by Crippen LogP contribution is -2.13. The van der Waals surface area contributed by atoms with Crippen LogP contribution in [0.5, 0.6) is 5.75 Å². The van der Waals surface area contributed by atoms with Gasteiger partial charge >= 0.3 is 0 Å². The average Bonchev–Trinajstić information content (AvgIpc) is 2.69. The largest absolute Gasteiger partial charge is 0.497 e. The molecule has 0 fully saturated rings. The van der Waals surface area contributed by atoms with Gasteiger partial charge in [0, 0.05) is 17.9 Å². The lowest BCUT2D eigenvalue weighted by atomic mass is 10.1. The Labute approximate surface area is 166 Å². The molecule has 3 aromatic rings. The van der Waals surface area contributed by atoms with E-state index in [0.717, 1.165) is 30.0 Å². The molecule has 0 heterocycles. The first-order chi connectivity index (χ1) is 13.5. The van der Waals surface area contributed by atoms with Crippen molar-refractivity contribution in [3.63, 3.8) is 0 Å². The summed E-state index contributed by atoms with van der Waals surface area (Å²) in [4.78, 5) is 0.249. The number of ether oxygens (including phenoxy) is 1. The molecule has 5 nitrogen and oxygen atoms in total. The van der Waals surface area contributed by atoms with Crippen molar-refractivity contribution in [3.05, 3.63) is 83.9 Å². The van der Waals surface area contributed by atoms with Crippen molar-refractivity contribution in [1.82, 2.24) is 0 Å². The number of aryl methyl sites for hydroxylation is 1. The minimum absolute atomic E-state index is 0.249. The van der Waals surface area contributed by atoms with Crippen LogP contribution in [0.4, 0.5) is 11.4 Å². The summed E-state index contributed by atoms with van der Waals surface area (Å²) in [6.45, 7) is 2.69. The second kappa shape index (κ2) is 8.80. The quantitative estimate of drug-likeness (QED) is 0.590. The van der Waals surface area contributed by atoms with E-state index in [9.17, 15) is 8.42 Å². The van der Waals surface area contributed by atoms with Crippen LogP contribution in [0.15, 0.2) is 77.7 Å². The van der Waals surface area contributed by atoms with Gasteiger partial charge in [0.15, 0.2) is 0 Å². The molecule has 0 unspecified atom stereocenters. The van der Waals surface area contributed by atoms with Gasteiger partial charge in [-0.15, -0.1) is 0 Å². The van der Waals surface area contributed by atoms with Gasteiger partial charge in [-0.2, -0.15) is 0 Å². The molecule has 3 aromatic carbocycles. The molecule has 0 spiro atoms. The maximum absolute atomic E-state index is 12.4. The van der Waals surface area contributed by atoms with Gasteiger partial charge in [-0.1, -0.05) is 29.8 Å². The minimum atomic E-state index is -3.58. The molecule has 0 radical (unpaired) electrons. The summed E-state index contributed by atoms with van der Waals surface area (Å²) in [5, 5.41) is 3.34. The fraction of sp³-hybridized carbons (Fsp3) is 0.182. The van der Waals surface area contributed by atoms with E-state index in [4.69, 9.17) is 4.74 Å². The van der Waals surface area contributed by atoms with E-state index < -0.39 is 10.0 Å². The third kappa shape index (κ3) is 5.27. The molecular formula is C22H24N2O3S. The summed E-state index contributed by atoms with van der Waals surface area (Å²) in [6.07, 6.45) is 0.860. The van der Waals surface area contributed by atoms with Gasteiger partial charge in [-0.25, -0.2) is 8.42 Å². The van der Waals surface area contributed by atoms with E-state index in [1.165, 1.54) is 5.56 Å². The van der Waals surface area contributed by atoms with E-state index in [0.29, 0.717) is 5.69 Å². The molecule has 0 amide bonds. The Balaban J connectivity index is 1.56. The zero-order valence-corrected chi connectivity index (χ0v) is 16.8. The summed E-state index contributed by atoms with van der Waals surface area (Å²) in [7, 11) is -1.93. The zero-order chi connectivity index (χ0) is 20.0. The van der Waals surface area contributed by atoms with Gasteiger partial charge in [-0.05, 0) is 67.4 Å². The Morgan fingerprint density at radius 1 is 0.893 bits per heavy atom. The fourth-order valence-electron chi connectivity index (χ4n) is 2.77. The maximum atomic E-state index is 12.4. The first-order valence-corrected chi connectivity index (χ1v) is 10.5. The first-order valence-electron chi connectivity index (χ1n) is 9.03. The predicted octanol–water partition coefficient (Wildman–Crippen LogP) is 4.46. The summed E-state index contributed by atoms with van der Waals surface area (Å²) in [5.41, 5.74) is 3.66. The lowest BCUT2D eigenvalue weighted by molar-refractivity contribution is 0.414. The molecular weight excluding hydrogens is 372 g/mol. The van der Waals surface area contributed by atoms with Gasteiger partial charge < -0.3 is 10.1 Å². The number of hydrogen-bond acceptors (Lipinski definition) is 4. The van der Waals surface area contributed by atoms with E-state index in [2.05, 4.69) is 16.1 Å². The summed E-state index contributed by atoms with van der Waals surface area (Å²) >= 11 is 0. The smallest absolute Gasteiger partial charge is 0.261 e. The van der Waals surface area contributed by atoms with Crippen LogP contribution in [0.3, 0.4) is 0 Å². The van der Waals surface area contributed by atoms with E-state index in [1.807, 2.05) is 37.3 Å². The van der Waals surface area contributed by atoms with E-state index in [1.54, 1.807) is 43.5 Å². The highest BCUT2D eigenvalue weighted by Crippen LogP contribution is 2.19. The zero-order valence-electron chi connectivity index (χ0n) is 16.0. The van der Waals surface area contributed by atoms with Crippen LogP contribution in [0, 0.1) is 6.92 Å². The monoisotopic (exact) mass is 396 g/mol. The molecule has 146 valence electrons. The van der Waals surface area contributed by atoms with Crippen LogP contribution >= 0.6 is 0 Å². The Morgan fingerprint density at radius 2 is 1.57 bits per heavy atom. The van der Waals surface area contributed by atoms with Crippen molar-refractivity contribution in [2.24, 2.45) is 0 Å². The molecule has 3 rings (SSSR count). The van der Waals surface area contributed by atoms with Gasteiger partial charge in [0.05, 0.1) is 12.0 Å². The fourth-order valence-corrected chi connectivity index (χ4v) is 3.83. The highest BCUT2D eigenvalue weighted by molar-refractivity contribution is 7.92. The number of hydrogen-bond donors (Lipinski definition) is 2. The molecule has 0 bridgehead atoms. The molecule has 0 aliphatic heterocycles. The number of methoxy groups -OCH3 is 1. The molecule has 0 atom stereocenters. The topological polar surface area (TPSA) is 67.4 Å². The number of benzene rings is 3. The third-order valence-electron chi connectivity index (χ3n) is 4.35. The van der Waals surface area contributed by atoms with Gasteiger partial charge in [0.1, 0.15) is 5.75 Å². The van der Waals surface area contributed by atoms with E-state index in [-0.39, 0.29) is 4.90 Å².